The molecule has 5 aliphatic heterocycles. The standard InChI is InChI=1S/C48H54N4O3S3/c1-45(2)15-19-49-20-16-46(3,4)35-24-31(23-34(45)41(35)49)52(32-25-36-42-37(26-32)48(7,8)18-22-50(42)21-17-47(36,5)6)30-11-9-29(10-12-30)38-14-13-33(57-38)27-39-43(55)51(28-40(53)54)44(56)58-39/h9-14,23-27H,15-22,28H2,1-8H3,(H,53,54)/b39-27-. The van der Waals surface area contributed by atoms with Crippen molar-refractivity contribution in [3.05, 3.63) is 92.7 Å². The zero-order valence-electron chi connectivity index (χ0n) is 35.0. The van der Waals surface area contributed by atoms with Crippen molar-refractivity contribution < 1.29 is 14.7 Å². The molecule has 1 fully saturated rings. The minimum atomic E-state index is -1.08. The van der Waals surface area contributed by atoms with Gasteiger partial charge in [0, 0.05) is 64.4 Å². The lowest BCUT2D eigenvalue weighted by Gasteiger charge is -2.49. The van der Waals surface area contributed by atoms with Crippen LogP contribution in [-0.2, 0) is 31.2 Å². The Labute approximate surface area is 357 Å². The summed E-state index contributed by atoms with van der Waals surface area (Å²) in [5, 5.41) is 9.26. The van der Waals surface area contributed by atoms with Gasteiger partial charge in [-0.1, -0.05) is 91.5 Å². The van der Waals surface area contributed by atoms with Crippen molar-refractivity contribution in [2.24, 2.45) is 0 Å². The highest BCUT2D eigenvalue weighted by Crippen LogP contribution is 2.55. The van der Waals surface area contributed by atoms with E-state index in [1.807, 2.05) is 12.1 Å². The van der Waals surface area contributed by atoms with E-state index in [1.54, 1.807) is 11.3 Å². The highest BCUT2D eigenvalue weighted by atomic mass is 32.2. The van der Waals surface area contributed by atoms with Crippen LogP contribution < -0.4 is 14.7 Å². The van der Waals surface area contributed by atoms with E-state index in [-0.39, 0.29) is 31.9 Å². The topological polar surface area (TPSA) is 67.3 Å². The van der Waals surface area contributed by atoms with Crippen LogP contribution in [0.25, 0.3) is 16.5 Å². The quantitative estimate of drug-likeness (QED) is 0.146. The SMILES string of the molecule is CC1(C)CCN2CCC(C)(C)c3cc(N(c4ccc(-c5ccc(/C=C6\SC(=S)N(CC(=O)O)C6=O)s5)cc4)c4cc5c6c(c4)C(C)(C)CCN6CCC5(C)C)cc1c32. The summed E-state index contributed by atoms with van der Waals surface area (Å²) in [6.45, 7) is 23.4. The molecule has 0 unspecified atom stereocenters. The molecular weight excluding hydrogens is 777 g/mol. The molecule has 1 saturated heterocycles. The number of carbonyl (C=O) groups excluding carboxylic acids is 1. The third kappa shape index (κ3) is 6.58. The van der Waals surface area contributed by atoms with Gasteiger partial charge in [0.15, 0.2) is 0 Å². The maximum Gasteiger partial charge on any atom is 0.323 e. The predicted octanol–water partition coefficient (Wildman–Crippen LogP) is 11.5. The van der Waals surface area contributed by atoms with Gasteiger partial charge in [-0.25, -0.2) is 0 Å². The minimum absolute atomic E-state index is 0.0547. The van der Waals surface area contributed by atoms with E-state index < -0.39 is 12.5 Å². The molecule has 3 aromatic carbocycles. The van der Waals surface area contributed by atoms with Crippen LogP contribution in [0.1, 0.15) is 108 Å². The number of amides is 1. The molecule has 1 aromatic heterocycles. The van der Waals surface area contributed by atoms with Crippen LogP contribution in [-0.4, -0.2) is 58.9 Å². The molecule has 7 nitrogen and oxygen atoms in total. The van der Waals surface area contributed by atoms with Gasteiger partial charge in [0.1, 0.15) is 10.9 Å². The maximum atomic E-state index is 13.0. The van der Waals surface area contributed by atoms with E-state index in [1.165, 1.54) is 45.0 Å². The summed E-state index contributed by atoms with van der Waals surface area (Å²) in [6.07, 6.45) is 6.37. The van der Waals surface area contributed by atoms with Crippen molar-refractivity contribution in [1.82, 2.24) is 4.90 Å². The van der Waals surface area contributed by atoms with Crippen molar-refractivity contribution in [2.75, 3.05) is 47.4 Å². The molecule has 58 heavy (non-hydrogen) atoms. The smallest absolute Gasteiger partial charge is 0.323 e. The number of thioether (sulfide) groups is 1. The van der Waals surface area contributed by atoms with Crippen LogP contribution in [0.3, 0.4) is 0 Å². The Kier molecular flexibility index (Phi) is 9.30. The van der Waals surface area contributed by atoms with Gasteiger partial charge in [-0.05, 0) is 130 Å². The van der Waals surface area contributed by atoms with Crippen LogP contribution in [0.5, 0.6) is 0 Å². The third-order valence-electron chi connectivity index (χ3n) is 13.8. The molecule has 1 N–H and O–H groups in total. The molecule has 0 radical (unpaired) electrons. The van der Waals surface area contributed by atoms with Gasteiger partial charge in [0.05, 0.1) is 4.91 Å². The first-order valence-electron chi connectivity index (χ1n) is 20.7. The lowest BCUT2D eigenvalue weighted by atomic mass is 9.69. The Bertz CT molecular complexity index is 2250. The Morgan fingerprint density at radius 1 is 0.707 bits per heavy atom. The fourth-order valence-corrected chi connectivity index (χ4v) is 12.1. The number of carbonyl (C=O) groups is 2. The summed E-state index contributed by atoms with van der Waals surface area (Å²) in [6, 6.07) is 23.1. The monoisotopic (exact) mass is 830 g/mol. The molecule has 0 atom stereocenters. The molecule has 9 rings (SSSR count). The molecule has 1 amide bonds. The summed E-state index contributed by atoms with van der Waals surface area (Å²) in [5.74, 6) is -1.44. The number of rotatable bonds is 7. The van der Waals surface area contributed by atoms with Gasteiger partial charge in [-0.3, -0.25) is 14.5 Å². The molecule has 0 aliphatic carbocycles. The number of hydrogen-bond acceptors (Lipinski definition) is 8. The number of carboxylic acids is 1. The number of benzene rings is 3. The number of carboxylic acid groups (broad SMARTS) is 1. The lowest BCUT2D eigenvalue weighted by molar-refractivity contribution is -0.140. The van der Waals surface area contributed by atoms with Crippen LogP contribution in [0.2, 0.25) is 0 Å². The van der Waals surface area contributed by atoms with Crippen LogP contribution in [0.4, 0.5) is 28.4 Å². The lowest BCUT2D eigenvalue weighted by Crippen LogP contribution is -2.45. The van der Waals surface area contributed by atoms with Crippen molar-refractivity contribution in [3.63, 3.8) is 0 Å². The molecule has 6 heterocycles. The highest BCUT2D eigenvalue weighted by molar-refractivity contribution is 8.26. The van der Waals surface area contributed by atoms with Crippen molar-refractivity contribution >= 4 is 86.0 Å². The summed E-state index contributed by atoms with van der Waals surface area (Å²) in [5.41, 5.74) is 13.6. The molecule has 4 aromatic rings. The average Bonchev–Trinajstić information content (AvgIpc) is 3.73. The second-order valence-electron chi connectivity index (χ2n) is 19.5. The Morgan fingerprint density at radius 3 is 1.59 bits per heavy atom. The van der Waals surface area contributed by atoms with Gasteiger partial charge in [-0.15, -0.1) is 11.3 Å². The Balaban J connectivity index is 1.17. The zero-order chi connectivity index (χ0) is 41.1. The van der Waals surface area contributed by atoms with E-state index >= 15 is 0 Å². The first-order chi connectivity index (χ1) is 27.3. The molecule has 0 saturated carbocycles. The molecule has 0 bridgehead atoms. The van der Waals surface area contributed by atoms with E-state index in [0.29, 0.717) is 4.91 Å². The Morgan fingerprint density at radius 2 is 1.16 bits per heavy atom. The number of hydrogen-bond donors (Lipinski definition) is 1. The fraction of sp³-hybridized carbons (Fsp3) is 0.438. The normalized spacial score (nSPS) is 21.6. The van der Waals surface area contributed by atoms with Gasteiger partial charge in [0.25, 0.3) is 5.91 Å². The molecule has 5 aliphatic rings. The third-order valence-corrected chi connectivity index (χ3v) is 16.2. The van der Waals surface area contributed by atoms with Crippen molar-refractivity contribution in [1.29, 1.82) is 0 Å². The second kappa shape index (κ2) is 13.7. The zero-order valence-corrected chi connectivity index (χ0v) is 37.4. The van der Waals surface area contributed by atoms with Crippen LogP contribution in [0, 0.1) is 0 Å². The summed E-state index contributed by atoms with van der Waals surface area (Å²) in [7, 11) is 0. The largest absolute Gasteiger partial charge is 0.480 e. The van der Waals surface area contributed by atoms with Gasteiger partial charge < -0.3 is 19.8 Å². The first-order valence-corrected chi connectivity index (χ1v) is 22.7. The average molecular weight is 831 g/mol. The number of nitrogens with zero attached hydrogens (tertiary/aromatic N) is 4. The number of thiophene rings is 1. The van der Waals surface area contributed by atoms with Crippen LogP contribution in [0.15, 0.2) is 65.6 Å². The predicted molar refractivity (Wildman–Crippen MR) is 247 cm³/mol. The molecule has 0 spiro atoms. The maximum absolute atomic E-state index is 13.0. The number of thiocarbonyl (C=S) groups is 1. The summed E-state index contributed by atoms with van der Waals surface area (Å²) < 4.78 is 0.274. The van der Waals surface area contributed by atoms with E-state index in [4.69, 9.17) is 12.2 Å². The van der Waals surface area contributed by atoms with Gasteiger partial charge >= 0.3 is 5.97 Å². The molecule has 302 valence electrons. The fourth-order valence-electron chi connectivity index (χ4n) is 9.82. The van der Waals surface area contributed by atoms with Gasteiger partial charge in [0.2, 0.25) is 0 Å². The second-order valence-corrected chi connectivity index (χ2v) is 22.3. The molecule has 10 heteroatoms. The summed E-state index contributed by atoms with van der Waals surface area (Å²) >= 11 is 8.08. The van der Waals surface area contributed by atoms with E-state index in [9.17, 15) is 14.7 Å². The van der Waals surface area contributed by atoms with Crippen molar-refractivity contribution in [3.8, 4) is 10.4 Å². The Hall–Kier alpha value is -4.12. The van der Waals surface area contributed by atoms with Crippen molar-refractivity contribution in [2.45, 2.75) is 103 Å². The molecular formula is C48H54N4O3S3. The van der Waals surface area contributed by atoms with E-state index in [2.05, 4.69) is 125 Å². The summed E-state index contributed by atoms with van der Waals surface area (Å²) in [4.78, 5) is 35.7. The van der Waals surface area contributed by atoms with Crippen LogP contribution >= 0.6 is 35.3 Å². The highest BCUT2D eigenvalue weighted by Gasteiger charge is 2.43. The first kappa shape index (κ1) is 39.3. The van der Waals surface area contributed by atoms with E-state index in [0.717, 1.165) is 89.5 Å². The number of anilines is 5. The minimum Gasteiger partial charge on any atom is -0.480 e. The number of aliphatic carboxylic acids is 1. The van der Waals surface area contributed by atoms with Gasteiger partial charge in [-0.2, -0.15) is 0 Å².